The zero-order valence-corrected chi connectivity index (χ0v) is 10.7. The van der Waals surface area contributed by atoms with E-state index in [4.69, 9.17) is 14.6 Å². The molecular formula is C12H16N2O6. The molecule has 0 saturated carbocycles. The van der Waals surface area contributed by atoms with Gasteiger partial charge in [0.05, 0.1) is 6.26 Å². The molecule has 0 radical (unpaired) electrons. The third-order valence-corrected chi connectivity index (χ3v) is 2.49. The van der Waals surface area contributed by atoms with E-state index in [2.05, 4.69) is 10.6 Å². The number of carbonyl (C=O) groups excluding carboxylic acids is 1. The lowest BCUT2D eigenvalue weighted by molar-refractivity contribution is -0.140. The molecule has 8 nitrogen and oxygen atoms in total. The lowest BCUT2D eigenvalue weighted by atomic mass is 10.1. The molecule has 1 aromatic heterocycles. The maximum absolute atomic E-state index is 11.5. The van der Waals surface area contributed by atoms with Crippen LogP contribution in [0.5, 0.6) is 0 Å². The molecule has 1 aromatic rings. The van der Waals surface area contributed by atoms with Gasteiger partial charge < -0.3 is 25.3 Å². The average molecular weight is 284 g/mol. The smallest absolute Gasteiger partial charge is 0.326 e. The summed E-state index contributed by atoms with van der Waals surface area (Å²) in [5.41, 5.74) is 0. The summed E-state index contributed by atoms with van der Waals surface area (Å²) in [7, 11) is 0. The van der Waals surface area contributed by atoms with Crippen molar-refractivity contribution in [2.24, 2.45) is 0 Å². The Bertz CT molecular complexity index is 457. The fourth-order valence-corrected chi connectivity index (χ4v) is 1.49. The Morgan fingerprint density at radius 2 is 2.05 bits per heavy atom. The van der Waals surface area contributed by atoms with Gasteiger partial charge in [-0.15, -0.1) is 0 Å². The van der Waals surface area contributed by atoms with Gasteiger partial charge in [0.15, 0.2) is 0 Å². The number of rotatable bonds is 8. The molecule has 0 bridgehead atoms. The standard InChI is InChI=1S/C12H16N2O6/c15-10(16)4-3-9(11(17)18)14-12(19)13-6-5-8-2-1-7-20-8/h1-2,7,9H,3-6H2,(H,15,16)(H,17,18)(H2,13,14,19)/t9-/m0/s1. The minimum Gasteiger partial charge on any atom is -0.481 e. The average Bonchev–Trinajstić information content (AvgIpc) is 2.87. The van der Waals surface area contributed by atoms with Crippen LogP contribution < -0.4 is 10.6 Å². The first-order chi connectivity index (χ1) is 9.49. The van der Waals surface area contributed by atoms with Crippen LogP contribution >= 0.6 is 0 Å². The normalized spacial score (nSPS) is 11.6. The Labute approximate surface area is 114 Å². The zero-order valence-electron chi connectivity index (χ0n) is 10.7. The first-order valence-corrected chi connectivity index (χ1v) is 6.00. The first kappa shape index (κ1) is 15.5. The number of nitrogens with one attached hydrogen (secondary N) is 2. The highest BCUT2D eigenvalue weighted by atomic mass is 16.4. The molecule has 0 saturated heterocycles. The summed E-state index contributed by atoms with van der Waals surface area (Å²) in [5.74, 6) is -1.69. The molecule has 0 aliphatic carbocycles. The van der Waals surface area contributed by atoms with Crippen LogP contribution in [0.4, 0.5) is 4.79 Å². The van der Waals surface area contributed by atoms with Crippen molar-refractivity contribution >= 4 is 18.0 Å². The van der Waals surface area contributed by atoms with Crippen molar-refractivity contribution in [3.8, 4) is 0 Å². The molecule has 0 fully saturated rings. The van der Waals surface area contributed by atoms with Crippen molar-refractivity contribution < 1.29 is 29.0 Å². The molecule has 0 aliphatic rings. The molecule has 110 valence electrons. The Kier molecular flexibility index (Phi) is 6.08. The molecule has 4 N–H and O–H groups in total. The predicted molar refractivity (Wildman–Crippen MR) is 67.2 cm³/mol. The first-order valence-electron chi connectivity index (χ1n) is 6.00. The third-order valence-electron chi connectivity index (χ3n) is 2.49. The molecule has 0 aromatic carbocycles. The van der Waals surface area contributed by atoms with Gasteiger partial charge >= 0.3 is 18.0 Å². The largest absolute Gasteiger partial charge is 0.481 e. The van der Waals surface area contributed by atoms with Gasteiger partial charge in [-0.25, -0.2) is 9.59 Å². The van der Waals surface area contributed by atoms with E-state index in [1.54, 1.807) is 12.1 Å². The summed E-state index contributed by atoms with van der Waals surface area (Å²) in [6.07, 6.45) is 1.50. The molecular weight excluding hydrogens is 268 g/mol. The van der Waals surface area contributed by atoms with Crippen LogP contribution in [0.2, 0.25) is 0 Å². The number of carbonyl (C=O) groups is 3. The highest BCUT2D eigenvalue weighted by Gasteiger charge is 2.20. The van der Waals surface area contributed by atoms with Gasteiger partial charge in [0.25, 0.3) is 0 Å². The summed E-state index contributed by atoms with van der Waals surface area (Å²) in [6, 6.07) is 1.60. The van der Waals surface area contributed by atoms with Crippen molar-refractivity contribution in [1.82, 2.24) is 10.6 Å². The second kappa shape index (κ2) is 7.82. The number of amides is 2. The molecule has 0 aliphatic heterocycles. The van der Waals surface area contributed by atoms with Gasteiger partial charge in [-0.2, -0.15) is 0 Å². The molecule has 1 heterocycles. The van der Waals surface area contributed by atoms with E-state index in [9.17, 15) is 14.4 Å². The van der Waals surface area contributed by atoms with E-state index in [1.807, 2.05) is 0 Å². The van der Waals surface area contributed by atoms with E-state index in [0.29, 0.717) is 12.2 Å². The molecule has 0 spiro atoms. The number of urea groups is 1. The van der Waals surface area contributed by atoms with Crippen molar-refractivity contribution in [1.29, 1.82) is 0 Å². The second-order valence-electron chi connectivity index (χ2n) is 4.05. The number of aliphatic carboxylic acids is 2. The van der Waals surface area contributed by atoms with E-state index in [0.717, 1.165) is 0 Å². The maximum atomic E-state index is 11.5. The van der Waals surface area contributed by atoms with Gasteiger partial charge in [0.1, 0.15) is 11.8 Å². The molecule has 1 atom stereocenters. The molecule has 2 amide bonds. The van der Waals surface area contributed by atoms with Gasteiger partial charge in [0, 0.05) is 19.4 Å². The summed E-state index contributed by atoms with van der Waals surface area (Å²) >= 11 is 0. The van der Waals surface area contributed by atoms with Crippen LogP contribution in [0.25, 0.3) is 0 Å². The number of hydrogen-bond acceptors (Lipinski definition) is 4. The van der Waals surface area contributed by atoms with Crippen LogP contribution in [0.15, 0.2) is 22.8 Å². The fourth-order valence-electron chi connectivity index (χ4n) is 1.49. The van der Waals surface area contributed by atoms with Gasteiger partial charge in [-0.05, 0) is 18.6 Å². The number of furan rings is 1. The molecule has 1 rings (SSSR count). The Hall–Kier alpha value is -2.51. The van der Waals surface area contributed by atoms with Crippen molar-refractivity contribution in [3.05, 3.63) is 24.2 Å². The lowest BCUT2D eigenvalue weighted by Crippen LogP contribution is -2.46. The lowest BCUT2D eigenvalue weighted by Gasteiger charge is -2.14. The van der Waals surface area contributed by atoms with E-state index < -0.39 is 24.0 Å². The third kappa shape index (κ3) is 5.89. The zero-order chi connectivity index (χ0) is 15.0. The number of carboxylic acids is 2. The molecule has 0 unspecified atom stereocenters. The summed E-state index contributed by atoms with van der Waals surface area (Å²) < 4.78 is 5.07. The monoisotopic (exact) mass is 284 g/mol. The fraction of sp³-hybridized carbons (Fsp3) is 0.417. The quantitative estimate of drug-likeness (QED) is 0.548. The number of carboxylic acid groups (broad SMARTS) is 2. The highest BCUT2D eigenvalue weighted by Crippen LogP contribution is 2.00. The van der Waals surface area contributed by atoms with Crippen LogP contribution in [0.3, 0.4) is 0 Å². The van der Waals surface area contributed by atoms with Gasteiger partial charge in [0.2, 0.25) is 0 Å². The Morgan fingerprint density at radius 3 is 2.60 bits per heavy atom. The highest BCUT2D eigenvalue weighted by molar-refractivity contribution is 5.82. The SMILES string of the molecule is O=C(O)CC[C@H](NC(=O)NCCc1ccco1)C(=O)O. The van der Waals surface area contributed by atoms with Crippen molar-refractivity contribution in [3.63, 3.8) is 0 Å². The maximum Gasteiger partial charge on any atom is 0.326 e. The van der Waals surface area contributed by atoms with Crippen molar-refractivity contribution in [2.45, 2.75) is 25.3 Å². The molecule has 8 heteroatoms. The van der Waals surface area contributed by atoms with E-state index >= 15 is 0 Å². The van der Waals surface area contributed by atoms with E-state index in [1.165, 1.54) is 6.26 Å². The van der Waals surface area contributed by atoms with E-state index in [-0.39, 0.29) is 19.4 Å². The minimum atomic E-state index is -1.27. The van der Waals surface area contributed by atoms with Crippen LogP contribution in [-0.4, -0.2) is 40.8 Å². The van der Waals surface area contributed by atoms with Gasteiger partial charge in [-0.3, -0.25) is 4.79 Å². The van der Waals surface area contributed by atoms with Crippen LogP contribution in [-0.2, 0) is 16.0 Å². The summed E-state index contributed by atoms with van der Waals surface area (Å²) in [4.78, 5) is 32.7. The minimum absolute atomic E-state index is 0.170. The second-order valence-corrected chi connectivity index (χ2v) is 4.05. The van der Waals surface area contributed by atoms with Crippen LogP contribution in [0, 0.1) is 0 Å². The Balaban J connectivity index is 2.30. The van der Waals surface area contributed by atoms with Crippen molar-refractivity contribution in [2.75, 3.05) is 6.54 Å². The number of hydrogen-bond donors (Lipinski definition) is 4. The predicted octanol–water partition coefficient (Wildman–Crippen LogP) is 0.439. The Morgan fingerprint density at radius 1 is 1.30 bits per heavy atom. The van der Waals surface area contributed by atoms with Crippen LogP contribution in [0.1, 0.15) is 18.6 Å². The van der Waals surface area contributed by atoms with Gasteiger partial charge in [-0.1, -0.05) is 0 Å². The summed E-state index contributed by atoms with van der Waals surface area (Å²) in [5, 5.41) is 22.0. The topological polar surface area (TPSA) is 129 Å². The molecule has 20 heavy (non-hydrogen) atoms. The summed E-state index contributed by atoms with van der Waals surface area (Å²) in [6.45, 7) is 0.282.